The smallest absolute Gasteiger partial charge is 0.481 e. The van der Waals surface area contributed by atoms with Gasteiger partial charge < -0.3 is 29.2 Å². The van der Waals surface area contributed by atoms with Crippen LogP contribution in [0.25, 0.3) is 0 Å². The molecule has 1 aliphatic heterocycles. The van der Waals surface area contributed by atoms with Crippen LogP contribution in [-0.4, -0.2) is 56.3 Å². The summed E-state index contributed by atoms with van der Waals surface area (Å²) < 4.78 is 14.5. The van der Waals surface area contributed by atoms with Gasteiger partial charge in [-0.3, -0.25) is 5.41 Å². The van der Waals surface area contributed by atoms with E-state index in [0.29, 0.717) is 5.56 Å². The van der Waals surface area contributed by atoms with Gasteiger partial charge in [-0.05, 0) is 24.3 Å². The highest BCUT2D eigenvalue weighted by molar-refractivity contribution is 6.60. The summed E-state index contributed by atoms with van der Waals surface area (Å²) in [5.41, 5.74) is 0.199. The van der Waals surface area contributed by atoms with E-state index in [1.807, 2.05) is 0 Å². The fourth-order valence-corrected chi connectivity index (χ4v) is 2.58. The van der Waals surface area contributed by atoms with Crippen LogP contribution in [0.1, 0.15) is 5.56 Å². The Kier molecular flexibility index (Phi) is 6.75. The molecule has 0 saturated heterocycles. The normalized spacial score (nSPS) is 13.1. The van der Waals surface area contributed by atoms with Crippen molar-refractivity contribution in [2.24, 2.45) is 0 Å². The van der Waals surface area contributed by atoms with Crippen LogP contribution in [0.3, 0.4) is 0 Å². The molecule has 0 amide bonds. The van der Waals surface area contributed by atoms with Gasteiger partial charge in [-0.15, -0.1) is 0 Å². The molecule has 0 aliphatic carbocycles. The van der Waals surface area contributed by atoms with Gasteiger partial charge in [0.25, 0.3) is 0 Å². The quantitative estimate of drug-likeness (QED) is 0.275. The van der Waals surface area contributed by atoms with Crippen molar-refractivity contribution in [2.75, 3.05) is 26.2 Å². The maximum Gasteiger partial charge on any atom is 0.490 e. The highest BCUT2D eigenvalue weighted by Gasteiger charge is 2.30. The predicted molar refractivity (Wildman–Crippen MR) is 102 cm³/mol. The summed E-state index contributed by atoms with van der Waals surface area (Å²) in [6.45, 7) is 0. The Morgan fingerprint density at radius 1 is 1.04 bits per heavy atom. The van der Waals surface area contributed by atoms with E-state index in [1.54, 1.807) is 6.08 Å². The topological polar surface area (TPSA) is 129 Å². The highest BCUT2D eigenvalue weighted by atomic mass is 16.5. The number of methoxy groups -OCH3 is 3. The second-order valence-corrected chi connectivity index (χ2v) is 5.50. The van der Waals surface area contributed by atoms with Crippen molar-refractivity contribution in [1.29, 1.82) is 5.41 Å². The van der Waals surface area contributed by atoms with E-state index in [9.17, 15) is 19.6 Å². The van der Waals surface area contributed by atoms with Crippen molar-refractivity contribution in [2.45, 2.75) is 0 Å². The molecule has 3 N–H and O–H groups in total. The molecule has 0 bridgehead atoms. The SMILES string of the molecule is COC(=N)c1ccc(B(O)O)c(N2C=CC=CC(C(=O)OC)=C2C(=O)OC)c1. The number of rotatable bonds is 5. The van der Waals surface area contributed by atoms with E-state index in [1.165, 1.54) is 55.7 Å². The average Bonchev–Trinajstić information content (AvgIpc) is 2.94. The number of hydrogen-bond donors (Lipinski definition) is 3. The van der Waals surface area contributed by atoms with Gasteiger partial charge in [0.1, 0.15) is 5.70 Å². The van der Waals surface area contributed by atoms with Gasteiger partial charge in [-0.25, -0.2) is 9.59 Å². The summed E-state index contributed by atoms with van der Waals surface area (Å²) in [6.07, 6.45) is 5.89. The first-order chi connectivity index (χ1) is 13.3. The second kappa shape index (κ2) is 9.02. The number of carbonyl (C=O) groups excluding carboxylic acids is 2. The van der Waals surface area contributed by atoms with Crippen LogP contribution in [0.5, 0.6) is 0 Å². The lowest BCUT2D eigenvalue weighted by Crippen LogP contribution is -2.37. The minimum Gasteiger partial charge on any atom is -0.481 e. The molecule has 28 heavy (non-hydrogen) atoms. The number of benzene rings is 1. The first-order valence-electron chi connectivity index (χ1n) is 8.03. The largest absolute Gasteiger partial charge is 0.490 e. The Morgan fingerprint density at radius 3 is 2.29 bits per heavy atom. The number of carbonyl (C=O) groups is 2. The molecule has 0 unspecified atom stereocenters. The number of esters is 2. The number of ether oxygens (including phenoxy) is 3. The van der Waals surface area contributed by atoms with Crippen LogP contribution >= 0.6 is 0 Å². The molecule has 146 valence electrons. The zero-order chi connectivity index (χ0) is 20.8. The summed E-state index contributed by atoms with van der Waals surface area (Å²) in [6, 6.07) is 4.27. The fraction of sp³-hybridized carbons (Fsp3) is 0.167. The van der Waals surface area contributed by atoms with Gasteiger partial charge in [-0.2, -0.15) is 0 Å². The Hall–Kier alpha value is -3.37. The van der Waals surface area contributed by atoms with Crippen LogP contribution in [0, 0.1) is 5.41 Å². The van der Waals surface area contributed by atoms with Crippen molar-refractivity contribution < 1.29 is 33.8 Å². The fourth-order valence-electron chi connectivity index (χ4n) is 2.58. The van der Waals surface area contributed by atoms with Crippen LogP contribution in [0.15, 0.2) is 53.9 Å². The lowest BCUT2D eigenvalue weighted by atomic mass is 9.78. The van der Waals surface area contributed by atoms with E-state index >= 15 is 0 Å². The number of nitrogens with zero attached hydrogens (tertiary/aromatic N) is 1. The number of hydrogen-bond acceptors (Lipinski definition) is 9. The van der Waals surface area contributed by atoms with Gasteiger partial charge in [0.05, 0.1) is 26.9 Å². The zero-order valence-electron chi connectivity index (χ0n) is 15.5. The van der Waals surface area contributed by atoms with Crippen LogP contribution < -0.4 is 10.4 Å². The molecular weight excluding hydrogens is 367 g/mol. The Labute approximate surface area is 161 Å². The van der Waals surface area contributed by atoms with Crippen LogP contribution in [0.4, 0.5) is 5.69 Å². The molecule has 1 aromatic rings. The third kappa shape index (κ3) is 4.13. The summed E-state index contributed by atoms with van der Waals surface area (Å²) in [5.74, 6) is -1.80. The van der Waals surface area contributed by atoms with Gasteiger partial charge in [-0.1, -0.05) is 12.1 Å². The summed E-state index contributed by atoms with van der Waals surface area (Å²) in [7, 11) is 1.76. The molecule has 0 radical (unpaired) electrons. The first kappa shape index (κ1) is 20.9. The molecule has 0 aromatic heterocycles. The predicted octanol–water partition coefficient (Wildman–Crippen LogP) is -0.172. The van der Waals surface area contributed by atoms with E-state index in [4.69, 9.17) is 19.6 Å². The van der Waals surface area contributed by atoms with Crippen LogP contribution in [0.2, 0.25) is 0 Å². The average molecular weight is 386 g/mol. The molecule has 0 atom stereocenters. The van der Waals surface area contributed by atoms with Crippen LogP contribution in [-0.2, 0) is 23.8 Å². The minimum absolute atomic E-state index is 0.0322. The summed E-state index contributed by atoms with van der Waals surface area (Å²) >= 11 is 0. The van der Waals surface area contributed by atoms with Crippen molar-refractivity contribution in [3.05, 3.63) is 59.5 Å². The monoisotopic (exact) mass is 386 g/mol. The molecule has 0 saturated carbocycles. The molecule has 2 rings (SSSR count). The van der Waals surface area contributed by atoms with Crippen molar-refractivity contribution in [3.63, 3.8) is 0 Å². The number of nitrogens with one attached hydrogen (secondary N) is 1. The lowest BCUT2D eigenvalue weighted by Gasteiger charge is -2.26. The Balaban J connectivity index is 2.80. The van der Waals surface area contributed by atoms with Gasteiger partial charge in [0.15, 0.2) is 0 Å². The molecule has 1 heterocycles. The van der Waals surface area contributed by atoms with Gasteiger partial charge in [0.2, 0.25) is 5.90 Å². The third-order valence-electron chi connectivity index (χ3n) is 3.92. The van der Waals surface area contributed by atoms with E-state index in [0.717, 1.165) is 7.11 Å². The van der Waals surface area contributed by atoms with E-state index in [-0.39, 0.29) is 28.3 Å². The molecule has 1 aromatic carbocycles. The molecule has 0 fully saturated rings. The molecule has 1 aliphatic rings. The standard InChI is InChI=1S/C18H19BN2O7/c1-26-16(20)11-7-8-13(19(24)25)14(10-11)21-9-5-4-6-12(17(22)27-2)15(21)18(23)28-3/h4-10,20,24-25H,1-3H3. The minimum atomic E-state index is -1.88. The molecule has 10 heteroatoms. The van der Waals surface area contributed by atoms with Crippen molar-refractivity contribution in [3.8, 4) is 0 Å². The Morgan fingerprint density at radius 2 is 1.71 bits per heavy atom. The number of anilines is 1. The van der Waals surface area contributed by atoms with Gasteiger partial charge in [0, 0.05) is 22.9 Å². The molecular formula is C18H19BN2O7. The van der Waals surface area contributed by atoms with E-state index < -0.39 is 19.1 Å². The lowest BCUT2D eigenvalue weighted by molar-refractivity contribution is -0.139. The summed E-state index contributed by atoms with van der Waals surface area (Å²) in [5, 5.41) is 27.4. The van der Waals surface area contributed by atoms with Gasteiger partial charge >= 0.3 is 19.1 Å². The Bertz CT molecular complexity index is 890. The maximum absolute atomic E-state index is 12.5. The molecule has 9 nitrogen and oxygen atoms in total. The molecule has 0 spiro atoms. The summed E-state index contributed by atoms with van der Waals surface area (Å²) in [4.78, 5) is 26.0. The maximum atomic E-state index is 12.5. The number of allylic oxidation sites excluding steroid dienone is 2. The zero-order valence-corrected chi connectivity index (χ0v) is 15.5. The highest BCUT2D eigenvalue weighted by Crippen LogP contribution is 2.26. The van der Waals surface area contributed by atoms with E-state index in [2.05, 4.69) is 0 Å². The first-order valence-corrected chi connectivity index (χ1v) is 8.03. The van der Waals surface area contributed by atoms with Crippen molar-refractivity contribution >= 4 is 36.1 Å². The second-order valence-electron chi connectivity index (χ2n) is 5.50. The van der Waals surface area contributed by atoms with Crippen molar-refractivity contribution in [1.82, 2.24) is 0 Å². The third-order valence-corrected chi connectivity index (χ3v) is 3.92.